The van der Waals surface area contributed by atoms with Gasteiger partial charge in [-0.25, -0.2) is 5.43 Å². The molecule has 9 heteroatoms. The summed E-state index contributed by atoms with van der Waals surface area (Å²) in [6.07, 6.45) is 0.820. The number of halogens is 2. The third-order valence-electron chi connectivity index (χ3n) is 5.00. The van der Waals surface area contributed by atoms with E-state index in [0.29, 0.717) is 22.1 Å². The van der Waals surface area contributed by atoms with Crippen LogP contribution >= 0.6 is 23.2 Å². The number of amides is 2. The number of hydrazone groups is 1. The number of hydrogen-bond donors (Lipinski definition) is 2. The zero-order valence-electron chi connectivity index (χ0n) is 19.2. The van der Waals surface area contributed by atoms with Crippen molar-refractivity contribution >= 4 is 41.2 Å². The minimum Gasteiger partial charge on any atom is -0.496 e. The highest BCUT2D eigenvalue weighted by molar-refractivity contribution is 6.35. The number of carbonyl (C=O) groups excluding carboxylic acids is 2. The first-order chi connectivity index (χ1) is 16.9. The number of carbonyl (C=O) groups is 2. The third kappa shape index (κ3) is 7.73. The molecule has 0 saturated heterocycles. The van der Waals surface area contributed by atoms with Crippen LogP contribution in [0, 0.1) is 0 Å². The first-order valence-electron chi connectivity index (χ1n) is 10.8. The summed E-state index contributed by atoms with van der Waals surface area (Å²) in [4.78, 5) is 25.8. The van der Waals surface area contributed by atoms with Gasteiger partial charge < -0.3 is 14.8 Å². The standard InChI is InChI=1S/C26H25Cl2N3O4/c1-17(35-24-13-12-20(27)15-21(24)28)25(32)30-22(14-18-8-4-3-5-9-18)26(33)31-29-16-19-10-6-7-11-23(19)34-2/h3-13,15-17,22H,14H2,1-2H3,(H,30,32)(H,31,33)/b29-16-/t17-,22+/m1/s1. The number of nitrogens with one attached hydrogen (secondary N) is 2. The minimum atomic E-state index is -0.920. The van der Waals surface area contributed by atoms with E-state index in [2.05, 4.69) is 15.8 Å². The van der Waals surface area contributed by atoms with Crippen LogP contribution < -0.4 is 20.2 Å². The van der Waals surface area contributed by atoms with Crippen molar-refractivity contribution in [3.05, 3.63) is 94.0 Å². The van der Waals surface area contributed by atoms with Crippen LogP contribution in [0.4, 0.5) is 0 Å². The van der Waals surface area contributed by atoms with Crippen LogP contribution in [0.2, 0.25) is 10.0 Å². The first-order valence-corrected chi connectivity index (χ1v) is 11.5. The van der Waals surface area contributed by atoms with Crippen molar-refractivity contribution in [3.8, 4) is 11.5 Å². The summed E-state index contributed by atoms with van der Waals surface area (Å²) in [6.45, 7) is 1.57. The number of hydrogen-bond acceptors (Lipinski definition) is 5. The highest BCUT2D eigenvalue weighted by Crippen LogP contribution is 2.28. The molecule has 0 aliphatic carbocycles. The Morgan fingerprint density at radius 2 is 1.69 bits per heavy atom. The molecule has 7 nitrogen and oxygen atoms in total. The molecule has 0 aliphatic rings. The molecule has 3 aromatic rings. The van der Waals surface area contributed by atoms with Gasteiger partial charge in [0.15, 0.2) is 6.10 Å². The highest BCUT2D eigenvalue weighted by atomic mass is 35.5. The average Bonchev–Trinajstić information content (AvgIpc) is 2.86. The van der Waals surface area contributed by atoms with Gasteiger partial charge >= 0.3 is 0 Å². The second kappa shape index (κ2) is 12.8. The van der Waals surface area contributed by atoms with Gasteiger partial charge in [-0.2, -0.15) is 5.10 Å². The molecule has 0 fully saturated rings. The van der Waals surface area contributed by atoms with Crippen molar-refractivity contribution < 1.29 is 19.1 Å². The Balaban J connectivity index is 1.70. The van der Waals surface area contributed by atoms with Gasteiger partial charge in [0.05, 0.1) is 18.3 Å². The van der Waals surface area contributed by atoms with Crippen LogP contribution in [-0.4, -0.2) is 37.3 Å². The van der Waals surface area contributed by atoms with E-state index in [4.69, 9.17) is 32.7 Å². The quantitative estimate of drug-likeness (QED) is 0.305. The molecule has 0 spiro atoms. The minimum absolute atomic E-state index is 0.261. The first kappa shape index (κ1) is 26.1. The topological polar surface area (TPSA) is 89.0 Å². The maximum Gasteiger partial charge on any atom is 0.262 e. The molecule has 3 aromatic carbocycles. The van der Waals surface area contributed by atoms with E-state index in [1.807, 2.05) is 42.5 Å². The number of rotatable bonds is 10. The van der Waals surface area contributed by atoms with E-state index in [-0.39, 0.29) is 11.4 Å². The molecule has 2 amide bonds. The lowest BCUT2D eigenvalue weighted by Gasteiger charge is -2.21. The third-order valence-corrected chi connectivity index (χ3v) is 5.53. The molecule has 0 unspecified atom stereocenters. The summed E-state index contributed by atoms with van der Waals surface area (Å²) < 4.78 is 11.0. The van der Waals surface area contributed by atoms with Crippen molar-refractivity contribution in [2.45, 2.75) is 25.5 Å². The van der Waals surface area contributed by atoms with Crippen LogP contribution in [-0.2, 0) is 16.0 Å². The van der Waals surface area contributed by atoms with Gasteiger partial charge in [-0.1, -0.05) is 65.7 Å². The normalized spacial score (nSPS) is 12.6. The van der Waals surface area contributed by atoms with Crippen LogP contribution in [0.1, 0.15) is 18.1 Å². The molecular formula is C26H25Cl2N3O4. The Hall–Kier alpha value is -3.55. The van der Waals surface area contributed by atoms with Gasteiger partial charge in [0, 0.05) is 17.0 Å². The van der Waals surface area contributed by atoms with Crippen molar-refractivity contribution in [2.24, 2.45) is 5.10 Å². The smallest absolute Gasteiger partial charge is 0.262 e. The lowest BCUT2D eigenvalue weighted by Crippen LogP contribution is -2.50. The summed E-state index contributed by atoms with van der Waals surface area (Å²) in [7, 11) is 1.55. The van der Waals surface area contributed by atoms with Gasteiger partial charge in [0.2, 0.25) is 0 Å². The molecule has 0 heterocycles. The van der Waals surface area contributed by atoms with Gasteiger partial charge in [-0.15, -0.1) is 0 Å². The maximum absolute atomic E-state index is 13.0. The summed E-state index contributed by atoms with van der Waals surface area (Å²) >= 11 is 12.1. The SMILES string of the molecule is COc1ccccc1/C=N\NC(=O)[C@H](Cc1ccccc1)NC(=O)[C@@H](C)Oc1ccc(Cl)cc1Cl. The fraction of sp³-hybridized carbons (Fsp3) is 0.192. The van der Waals surface area contributed by atoms with Crippen molar-refractivity contribution in [3.63, 3.8) is 0 Å². The molecule has 182 valence electrons. The maximum atomic E-state index is 13.0. The lowest BCUT2D eigenvalue weighted by atomic mass is 10.1. The molecule has 0 radical (unpaired) electrons. The van der Waals surface area contributed by atoms with Crippen LogP contribution in [0.3, 0.4) is 0 Å². The van der Waals surface area contributed by atoms with Crippen LogP contribution in [0.15, 0.2) is 77.9 Å². The zero-order valence-corrected chi connectivity index (χ0v) is 20.7. The lowest BCUT2D eigenvalue weighted by molar-refractivity contribution is -0.132. The van der Waals surface area contributed by atoms with E-state index in [1.54, 1.807) is 38.3 Å². The molecule has 2 atom stereocenters. The van der Waals surface area contributed by atoms with Gasteiger partial charge in [-0.3, -0.25) is 9.59 Å². The molecule has 35 heavy (non-hydrogen) atoms. The largest absolute Gasteiger partial charge is 0.496 e. The van der Waals surface area contributed by atoms with Gasteiger partial charge in [0.25, 0.3) is 11.8 Å². The van der Waals surface area contributed by atoms with E-state index in [0.717, 1.165) is 5.56 Å². The number of benzene rings is 3. The van der Waals surface area contributed by atoms with Gasteiger partial charge in [-0.05, 0) is 42.8 Å². The predicted octanol–water partition coefficient (Wildman–Crippen LogP) is 4.65. The summed E-state index contributed by atoms with van der Waals surface area (Å²) in [5.41, 5.74) is 4.06. The Labute approximate surface area is 214 Å². The summed E-state index contributed by atoms with van der Waals surface area (Å²) in [5, 5.41) is 7.51. The van der Waals surface area contributed by atoms with Gasteiger partial charge in [0.1, 0.15) is 17.5 Å². The Kier molecular flexibility index (Phi) is 9.52. The van der Waals surface area contributed by atoms with E-state index >= 15 is 0 Å². The monoisotopic (exact) mass is 513 g/mol. The van der Waals surface area contributed by atoms with E-state index in [9.17, 15) is 9.59 Å². The van der Waals surface area contributed by atoms with Crippen molar-refractivity contribution in [2.75, 3.05) is 7.11 Å². The van der Waals surface area contributed by atoms with E-state index < -0.39 is 24.0 Å². The average molecular weight is 514 g/mol. The highest BCUT2D eigenvalue weighted by Gasteiger charge is 2.25. The Morgan fingerprint density at radius 1 is 0.971 bits per heavy atom. The molecule has 0 saturated carbocycles. The molecule has 2 N–H and O–H groups in total. The number of methoxy groups -OCH3 is 1. The predicted molar refractivity (Wildman–Crippen MR) is 137 cm³/mol. The second-order valence-electron chi connectivity index (χ2n) is 7.56. The van der Waals surface area contributed by atoms with Crippen molar-refractivity contribution in [1.82, 2.24) is 10.7 Å². The van der Waals surface area contributed by atoms with Crippen LogP contribution in [0.25, 0.3) is 0 Å². The molecular weight excluding hydrogens is 489 g/mol. The molecule has 0 aromatic heterocycles. The van der Waals surface area contributed by atoms with Crippen LogP contribution in [0.5, 0.6) is 11.5 Å². The van der Waals surface area contributed by atoms with E-state index in [1.165, 1.54) is 12.3 Å². The van der Waals surface area contributed by atoms with Crippen molar-refractivity contribution in [1.29, 1.82) is 0 Å². The molecule has 0 aliphatic heterocycles. The summed E-state index contributed by atoms with van der Waals surface area (Å²) in [6, 6.07) is 20.4. The summed E-state index contributed by atoms with van der Waals surface area (Å²) in [5.74, 6) is -0.0402. The second-order valence-corrected chi connectivity index (χ2v) is 8.41. The Morgan fingerprint density at radius 3 is 2.40 bits per heavy atom. The number of nitrogens with zero attached hydrogens (tertiary/aromatic N) is 1. The Bertz CT molecular complexity index is 1190. The molecule has 3 rings (SSSR count). The fourth-order valence-electron chi connectivity index (χ4n) is 3.18. The zero-order chi connectivity index (χ0) is 25.2. The number of ether oxygens (including phenoxy) is 2. The molecule has 0 bridgehead atoms. The number of para-hydroxylation sites is 1. The fourth-order valence-corrected chi connectivity index (χ4v) is 3.63.